The SMILES string of the molecule is CCC(C)NS(=O)(=O)c1ccc(C(=O)Nc2cccc3c2CCCC3)cc1. The summed E-state index contributed by atoms with van der Waals surface area (Å²) < 4.78 is 27.3. The maximum Gasteiger partial charge on any atom is 0.255 e. The van der Waals surface area contributed by atoms with Gasteiger partial charge in [0.15, 0.2) is 0 Å². The van der Waals surface area contributed by atoms with Crippen LogP contribution < -0.4 is 10.0 Å². The van der Waals surface area contributed by atoms with Crippen molar-refractivity contribution in [3.63, 3.8) is 0 Å². The van der Waals surface area contributed by atoms with E-state index in [0.717, 1.165) is 24.9 Å². The van der Waals surface area contributed by atoms with Crippen molar-refractivity contribution in [3.05, 3.63) is 59.2 Å². The van der Waals surface area contributed by atoms with Crippen molar-refractivity contribution < 1.29 is 13.2 Å². The number of nitrogens with one attached hydrogen (secondary N) is 2. The quantitative estimate of drug-likeness (QED) is 0.791. The molecule has 2 aromatic carbocycles. The van der Waals surface area contributed by atoms with Crippen molar-refractivity contribution in [2.24, 2.45) is 0 Å². The Hall–Kier alpha value is -2.18. The number of rotatable bonds is 6. The second-order valence-electron chi connectivity index (χ2n) is 7.06. The minimum absolute atomic E-state index is 0.137. The normalized spacial score (nSPS) is 15.0. The van der Waals surface area contributed by atoms with E-state index in [1.165, 1.54) is 29.7 Å². The first kappa shape index (κ1) is 19.6. The molecule has 1 aliphatic carbocycles. The summed E-state index contributed by atoms with van der Waals surface area (Å²) in [6, 6.07) is 11.9. The van der Waals surface area contributed by atoms with E-state index in [0.29, 0.717) is 12.0 Å². The van der Waals surface area contributed by atoms with E-state index in [-0.39, 0.29) is 16.8 Å². The smallest absolute Gasteiger partial charge is 0.255 e. The highest BCUT2D eigenvalue weighted by Gasteiger charge is 2.18. The number of carbonyl (C=O) groups is 1. The van der Waals surface area contributed by atoms with E-state index >= 15 is 0 Å². The van der Waals surface area contributed by atoms with Gasteiger partial charge in [-0.1, -0.05) is 19.1 Å². The fourth-order valence-electron chi connectivity index (χ4n) is 3.29. The number of carbonyl (C=O) groups excluding carboxylic acids is 1. The summed E-state index contributed by atoms with van der Waals surface area (Å²) in [4.78, 5) is 12.8. The first-order valence-electron chi connectivity index (χ1n) is 9.45. The number of hydrogen-bond acceptors (Lipinski definition) is 3. The molecule has 1 unspecified atom stereocenters. The number of hydrogen-bond donors (Lipinski definition) is 2. The topological polar surface area (TPSA) is 75.3 Å². The molecule has 0 aliphatic heterocycles. The molecule has 2 N–H and O–H groups in total. The van der Waals surface area contributed by atoms with Gasteiger partial charge in [0.1, 0.15) is 0 Å². The van der Waals surface area contributed by atoms with E-state index < -0.39 is 10.0 Å². The third-order valence-corrected chi connectivity index (χ3v) is 6.65. The van der Waals surface area contributed by atoms with E-state index in [1.54, 1.807) is 12.1 Å². The Morgan fingerprint density at radius 3 is 2.48 bits per heavy atom. The number of amides is 1. The van der Waals surface area contributed by atoms with Crippen LogP contribution in [0.15, 0.2) is 47.4 Å². The highest BCUT2D eigenvalue weighted by atomic mass is 32.2. The van der Waals surface area contributed by atoms with Gasteiger partial charge in [0.2, 0.25) is 10.0 Å². The van der Waals surface area contributed by atoms with E-state index in [1.807, 2.05) is 26.0 Å². The van der Waals surface area contributed by atoms with Crippen LogP contribution in [0.2, 0.25) is 0 Å². The maximum absolute atomic E-state index is 12.6. The lowest BCUT2D eigenvalue weighted by molar-refractivity contribution is 0.102. The fourth-order valence-corrected chi connectivity index (χ4v) is 4.62. The van der Waals surface area contributed by atoms with Crippen LogP contribution in [0, 0.1) is 0 Å². The van der Waals surface area contributed by atoms with Crippen LogP contribution in [-0.4, -0.2) is 20.4 Å². The number of benzene rings is 2. The zero-order valence-corrected chi connectivity index (χ0v) is 16.6. The monoisotopic (exact) mass is 386 g/mol. The second-order valence-corrected chi connectivity index (χ2v) is 8.77. The largest absolute Gasteiger partial charge is 0.322 e. The Morgan fingerprint density at radius 2 is 1.78 bits per heavy atom. The molecule has 27 heavy (non-hydrogen) atoms. The summed E-state index contributed by atoms with van der Waals surface area (Å²) in [5.41, 5.74) is 3.81. The number of fused-ring (bicyclic) bond motifs is 1. The molecule has 1 aliphatic rings. The Balaban J connectivity index is 1.75. The summed E-state index contributed by atoms with van der Waals surface area (Å²) in [7, 11) is -3.57. The Morgan fingerprint density at radius 1 is 1.07 bits per heavy atom. The van der Waals surface area contributed by atoms with Crippen molar-refractivity contribution in [3.8, 4) is 0 Å². The Kier molecular flexibility index (Phi) is 5.97. The van der Waals surface area contributed by atoms with Gasteiger partial charge in [0.05, 0.1) is 4.90 Å². The summed E-state index contributed by atoms with van der Waals surface area (Å²) in [6.07, 6.45) is 5.06. The second kappa shape index (κ2) is 8.23. The molecule has 3 rings (SSSR count). The van der Waals surface area contributed by atoms with Crippen molar-refractivity contribution in [2.75, 3.05) is 5.32 Å². The van der Waals surface area contributed by atoms with Crippen LogP contribution in [-0.2, 0) is 22.9 Å². The standard InChI is InChI=1S/C21H26N2O3S/c1-3-15(2)23-27(25,26)18-13-11-17(12-14-18)21(24)22-20-10-6-8-16-7-4-5-9-19(16)20/h6,8,10-15,23H,3-5,7,9H2,1-2H3,(H,22,24). The molecule has 1 amide bonds. The summed E-state index contributed by atoms with van der Waals surface area (Å²) >= 11 is 0. The zero-order valence-electron chi connectivity index (χ0n) is 15.8. The number of anilines is 1. The highest BCUT2D eigenvalue weighted by molar-refractivity contribution is 7.89. The molecule has 0 aromatic heterocycles. The molecule has 0 heterocycles. The van der Waals surface area contributed by atoms with Crippen molar-refractivity contribution in [2.45, 2.75) is 56.9 Å². The average molecular weight is 387 g/mol. The average Bonchev–Trinajstić information content (AvgIpc) is 2.68. The molecular formula is C21H26N2O3S. The van der Waals surface area contributed by atoms with E-state index in [9.17, 15) is 13.2 Å². The van der Waals surface area contributed by atoms with Gasteiger partial charge in [-0.15, -0.1) is 0 Å². The maximum atomic E-state index is 12.6. The third-order valence-electron chi connectivity index (χ3n) is 5.04. The Labute approximate surface area is 161 Å². The minimum atomic E-state index is -3.57. The molecule has 0 saturated carbocycles. The molecule has 6 heteroatoms. The lowest BCUT2D eigenvalue weighted by Gasteiger charge is -2.19. The van der Waals surface area contributed by atoms with Crippen LogP contribution in [0.4, 0.5) is 5.69 Å². The van der Waals surface area contributed by atoms with Gasteiger partial charge in [-0.2, -0.15) is 0 Å². The van der Waals surface area contributed by atoms with Crippen molar-refractivity contribution in [1.29, 1.82) is 0 Å². The van der Waals surface area contributed by atoms with Crippen LogP contribution in [0.25, 0.3) is 0 Å². The molecule has 0 saturated heterocycles. The highest BCUT2D eigenvalue weighted by Crippen LogP contribution is 2.28. The summed E-state index contributed by atoms with van der Waals surface area (Å²) in [5, 5.41) is 2.98. The lowest BCUT2D eigenvalue weighted by Crippen LogP contribution is -2.32. The van der Waals surface area contributed by atoms with Crippen LogP contribution in [0.3, 0.4) is 0 Å². The zero-order chi connectivity index (χ0) is 19.4. The van der Waals surface area contributed by atoms with Gasteiger partial charge < -0.3 is 5.32 Å². The molecule has 1 atom stereocenters. The van der Waals surface area contributed by atoms with Gasteiger partial charge >= 0.3 is 0 Å². The molecule has 5 nitrogen and oxygen atoms in total. The summed E-state index contributed by atoms with van der Waals surface area (Å²) in [6.45, 7) is 3.74. The summed E-state index contributed by atoms with van der Waals surface area (Å²) in [5.74, 6) is -0.229. The third kappa shape index (κ3) is 4.57. The Bertz CT molecular complexity index is 921. The molecule has 2 aromatic rings. The fraction of sp³-hybridized carbons (Fsp3) is 0.381. The van der Waals surface area contributed by atoms with Crippen LogP contribution >= 0.6 is 0 Å². The predicted octanol–water partition coefficient (Wildman–Crippen LogP) is 3.89. The minimum Gasteiger partial charge on any atom is -0.322 e. The van der Waals surface area contributed by atoms with Gasteiger partial charge in [0, 0.05) is 17.3 Å². The molecule has 0 bridgehead atoms. The molecule has 0 radical (unpaired) electrons. The lowest BCUT2D eigenvalue weighted by atomic mass is 9.90. The molecular weight excluding hydrogens is 360 g/mol. The van der Waals surface area contributed by atoms with E-state index in [2.05, 4.69) is 16.1 Å². The predicted molar refractivity (Wildman–Crippen MR) is 108 cm³/mol. The van der Waals surface area contributed by atoms with Gasteiger partial charge in [-0.3, -0.25) is 4.79 Å². The first-order chi connectivity index (χ1) is 12.9. The number of aryl methyl sites for hydroxylation is 1. The van der Waals surface area contributed by atoms with Crippen molar-refractivity contribution >= 4 is 21.6 Å². The van der Waals surface area contributed by atoms with Gasteiger partial charge in [-0.05, 0) is 80.5 Å². The number of sulfonamides is 1. The van der Waals surface area contributed by atoms with Crippen LogP contribution in [0.1, 0.15) is 54.6 Å². The first-order valence-corrected chi connectivity index (χ1v) is 10.9. The molecule has 0 spiro atoms. The van der Waals surface area contributed by atoms with Gasteiger partial charge in [-0.25, -0.2) is 13.1 Å². The van der Waals surface area contributed by atoms with Crippen LogP contribution in [0.5, 0.6) is 0 Å². The molecule has 144 valence electrons. The van der Waals surface area contributed by atoms with E-state index in [4.69, 9.17) is 0 Å². The molecule has 0 fully saturated rings. The van der Waals surface area contributed by atoms with Crippen molar-refractivity contribution in [1.82, 2.24) is 4.72 Å². The van der Waals surface area contributed by atoms with Gasteiger partial charge in [0.25, 0.3) is 5.91 Å².